The molecule has 9 nitrogen and oxygen atoms in total. The van der Waals surface area contributed by atoms with Crippen LogP contribution in [-0.4, -0.2) is 58.1 Å². The Morgan fingerprint density at radius 2 is 1.87 bits per heavy atom. The minimum Gasteiger partial charge on any atom is -0.415 e. The van der Waals surface area contributed by atoms with E-state index in [1.54, 1.807) is 6.92 Å². The summed E-state index contributed by atoms with van der Waals surface area (Å²) < 4.78 is 35.0. The second kappa shape index (κ2) is 10.2. The van der Waals surface area contributed by atoms with Crippen molar-refractivity contribution in [3.8, 4) is 12.3 Å². The lowest BCUT2D eigenvalue weighted by molar-refractivity contribution is -0.387. The molecule has 0 amide bonds. The number of nitro groups is 1. The van der Waals surface area contributed by atoms with Gasteiger partial charge >= 0.3 is 0 Å². The minimum absolute atomic E-state index is 0.0461. The molecule has 11 heteroatoms. The SMILES string of the molecule is C#C[C@@](C)(NCCO)[C@@H](CO[Si](C)(C)C(C)(C)C)NS(=O)(=O)c1ccccc1[N+](=O)[O-]. The average molecular weight is 472 g/mol. The van der Waals surface area contributed by atoms with Gasteiger partial charge in [0.25, 0.3) is 5.69 Å². The number of aliphatic hydroxyl groups is 1. The summed E-state index contributed by atoms with van der Waals surface area (Å²) in [5.74, 6) is 2.55. The lowest BCUT2D eigenvalue weighted by atomic mass is 9.94. The Balaban J connectivity index is 3.38. The van der Waals surface area contributed by atoms with E-state index in [0.717, 1.165) is 6.07 Å². The van der Waals surface area contributed by atoms with Crippen molar-refractivity contribution in [1.82, 2.24) is 10.0 Å². The first-order valence-corrected chi connectivity index (χ1v) is 14.2. The molecule has 1 aromatic carbocycles. The Morgan fingerprint density at radius 3 is 2.35 bits per heavy atom. The monoisotopic (exact) mass is 471 g/mol. The molecule has 0 saturated carbocycles. The zero-order chi connectivity index (χ0) is 24.1. The van der Waals surface area contributed by atoms with Gasteiger partial charge in [-0.05, 0) is 31.1 Å². The lowest BCUT2D eigenvalue weighted by Crippen LogP contribution is -2.61. The van der Waals surface area contributed by atoms with E-state index in [4.69, 9.17) is 10.8 Å². The van der Waals surface area contributed by atoms with Gasteiger partial charge in [0, 0.05) is 12.6 Å². The predicted octanol–water partition coefficient (Wildman–Crippen LogP) is 2.24. The smallest absolute Gasteiger partial charge is 0.289 e. The van der Waals surface area contributed by atoms with Crippen LogP contribution in [0.1, 0.15) is 27.7 Å². The highest BCUT2D eigenvalue weighted by molar-refractivity contribution is 7.89. The fraction of sp³-hybridized carbons (Fsp3) is 0.600. The molecule has 0 spiro atoms. The summed E-state index contributed by atoms with van der Waals surface area (Å²) in [4.78, 5) is 10.1. The van der Waals surface area contributed by atoms with E-state index < -0.39 is 45.4 Å². The number of terminal acetylenes is 1. The third-order valence-corrected chi connectivity index (χ3v) is 11.7. The van der Waals surface area contributed by atoms with Crippen LogP contribution >= 0.6 is 0 Å². The number of para-hydroxylation sites is 1. The van der Waals surface area contributed by atoms with Crippen LogP contribution in [0.15, 0.2) is 29.2 Å². The van der Waals surface area contributed by atoms with Gasteiger partial charge in [0.2, 0.25) is 10.0 Å². The third kappa shape index (κ3) is 6.83. The standard InChI is InChI=1S/C20H33N3O6SSi/c1-8-20(5,21-13-14-24)18(15-29-31(6,7)19(2,3)4)22-30(27,28)17-12-10-9-11-16(17)23(25)26/h1,9-12,18,21-22,24H,13-15H2,2-7H3/t18-,20-/m1/s1. The maximum Gasteiger partial charge on any atom is 0.289 e. The number of rotatable bonds is 11. The van der Waals surface area contributed by atoms with Crippen LogP contribution in [0.2, 0.25) is 18.1 Å². The van der Waals surface area contributed by atoms with Crippen molar-refractivity contribution < 1.29 is 22.9 Å². The van der Waals surface area contributed by atoms with Crippen LogP contribution in [0.4, 0.5) is 5.69 Å². The van der Waals surface area contributed by atoms with Gasteiger partial charge in [-0.3, -0.25) is 15.4 Å². The molecule has 174 valence electrons. The molecular formula is C20H33N3O6SSi. The molecule has 31 heavy (non-hydrogen) atoms. The molecule has 0 aliphatic rings. The van der Waals surface area contributed by atoms with Crippen LogP contribution in [-0.2, 0) is 14.4 Å². The van der Waals surface area contributed by atoms with Crippen LogP contribution in [0, 0.1) is 22.5 Å². The molecule has 0 fully saturated rings. The number of sulfonamides is 1. The number of nitrogens with one attached hydrogen (secondary N) is 2. The Labute approximate surface area is 185 Å². The van der Waals surface area contributed by atoms with Gasteiger partial charge in [-0.1, -0.05) is 38.8 Å². The van der Waals surface area contributed by atoms with Gasteiger partial charge in [0.05, 0.1) is 29.7 Å². The molecule has 0 aliphatic heterocycles. The van der Waals surface area contributed by atoms with E-state index in [0.29, 0.717) is 0 Å². The molecule has 0 bridgehead atoms. The van der Waals surface area contributed by atoms with E-state index >= 15 is 0 Å². The molecule has 1 rings (SSSR count). The fourth-order valence-electron chi connectivity index (χ4n) is 2.50. The topological polar surface area (TPSA) is 131 Å². The van der Waals surface area contributed by atoms with E-state index in [1.165, 1.54) is 18.2 Å². The first-order valence-electron chi connectivity index (χ1n) is 9.84. The van der Waals surface area contributed by atoms with Crippen molar-refractivity contribution in [3.63, 3.8) is 0 Å². The number of benzene rings is 1. The summed E-state index contributed by atoms with van der Waals surface area (Å²) in [6.07, 6.45) is 5.73. The number of nitrogens with zero attached hydrogens (tertiary/aromatic N) is 1. The second-order valence-electron chi connectivity index (χ2n) is 8.97. The van der Waals surface area contributed by atoms with Crippen molar-refractivity contribution in [2.75, 3.05) is 19.8 Å². The van der Waals surface area contributed by atoms with Crippen molar-refractivity contribution >= 4 is 24.0 Å². The molecular weight excluding hydrogens is 438 g/mol. The Morgan fingerprint density at radius 1 is 1.29 bits per heavy atom. The Bertz CT molecular complexity index is 924. The number of aliphatic hydroxyl groups excluding tert-OH is 1. The van der Waals surface area contributed by atoms with Gasteiger partial charge in [0.15, 0.2) is 13.2 Å². The first kappa shape index (κ1) is 27.2. The number of hydrogen-bond acceptors (Lipinski definition) is 7. The lowest BCUT2D eigenvalue weighted by Gasteiger charge is -2.40. The quantitative estimate of drug-likeness (QED) is 0.195. The van der Waals surface area contributed by atoms with Gasteiger partial charge < -0.3 is 9.53 Å². The van der Waals surface area contributed by atoms with Crippen molar-refractivity contribution in [2.45, 2.75) is 62.3 Å². The minimum atomic E-state index is -4.31. The molecule has 0 radical (unpaired) electrons. The van der Waals surface area contributed by atoms with Crippen molar-refractivity contribution in [1.29, 1.82) is 0 Å². The molecule has 1 aromatic rings. The van der Waals surface area contributed by atoms with Gasteiger partial charge in [-0.25, -0.2) is 13.1 Å². The number of β-amino-alcohol motifs (C(OH)–C–C–N with tert-alkyl or cyclic N) is 1. The van der Waals surface area contributed by atoms with Gasteiger partial charge in [-0.15, -0.1) is 6.42 Å². The second-order valence-corrected chi connectivity index (χ2v) is 15.5. The number of nitro benzene ring substituents is 1. The third-order valence-electron chi connectivity index (χ3n) is 5.67. The maximum atomic E-state index is 13.1. The summed E-state index contributed by atoms with van der Waals surface area (Å²) in [5.41, 5.74) is -1.76. The molecule has 2 atom stereocenters. The highest BCUT2D eigenvalue weighted by atomic mass is 32.2. The number of hydrogen-bond donors (Lipinski definition) is 3. The highest BCUT2D eigenvalue weighted by Crippen LogP contribution is 2.37. The molecule has 3 N–H and O–H groups in total. The summed E-state index contributed by atoms with van der Waals surface area (Å²) in [6.45, 7) is 11.7. The predicted molar refractivity (Wildman–Crippen MR) is 123 cm³/mol. The van der Waals surface area contributed by atoms with E-state index in [9.17, 15) is 23.6 Å². The van der Waals surface area contributed by atoms with Crippen LogP contribution in [0.3, 0.4) is 0 Å². The molecule has 0 aliphatic carbocycles. The van der Waals surface area contributed by atoms with Crippen LogP contribution in [0.25, 0.3) is 0 Å². The largest absolute Gasteiger partial charge is 0.415 e. The maximum absolute atomic E-state index is 13.1. The van der Waals surface area contributed by atoms with E-state index in [-0.39, 0.29) is 24.8 Å². The normalized spacial score (nSPS) is 15.7. The summed E-state index contributed by atoms with van der Waals surface area (Å²) in [7, 11) is -6.57. The van der Waals surface area contributed by atoms with Crippen LogP contribution in [0.5, 0.6) is 0 Å². The van der Waals surface area contributed by atoms with Crippen molar-refractivity contribution in [2.24, 2.45) is 0 Å². The van der Waals surface area contributed by atoms with E-state index in [2.05, 4.69) is 36.7 Å². The molecule has 0 heterocycles. The summed E-state index contributed by atoms with van der Waals surface area (Å²) in [5, 5.41) is 23.4. The molecule has 0 aromatic heterocycles. The van der Waals surface area contributed by atoms with Gasteiger partial charge in [-0.2, -0.15) is 0 Å². The molecule has 0 unspecified atom stereocenters. The Hall–Kier alpha value is -1.81. The summed E-state index contributed by atoms with van der Waals surface area (Å²) in [6, 6.07) is 4.14. The zero-order valence-electron chi connectivity index (χ0n) is 18.9. The zero-order valence-corrected chi connectivity index (χ0v) is 20.7. The van der Waals surface area contributed by atoms with Crippen molar-refractivity contribution in [3.05, 3.63) is 34.4 Å². The average Bonchev–Trinajstić information content (AvgIpc) is 2.68. The van der Waals surface area contributed by atoms with Crippen LogP contribution < -0.4 is 10.0 Å². The fourth-order valence-corrected chi connectivity index (χ4v) is 5.00. The molecule has 0 saturated heterocycles. The van der Waals surface area contributed by atoms with Gasteiger partial charge in [0.1, 0.15) is 0 Å². The van der Waals surface area contributed by atoms with E-state index in [1.807, 2.05) is 13.1 Å². The Kier molecular flexibility index (Phi) is 8.96. The summed E-state index contributed by atoms with van der Waals surface area (Å²) >= 11 is 0. The first-order chi connectivity index (χ1) is 14.1. The highest BCUT2D eigenvalue weighted by Gasteiger charge is 2.42.